The van der Waals surface area contributed by atoms with Crippen molar-refractivity contribution in [1.82, 2.24) is 35.3 Å². The van der Waals surface area contributed by atoms with Crippen LogP contribution in [0.3, 0.4) is 0 Å². The fraction of sp³-hybridized carbons (Fsp3) is 0.333. The van der Waals surface area contributed by atoms with E-state index in [2.05, 4.69) is 25.6 Å². The molecule has 0 spiro atoms. The number of aryl methyl sites for hydroxylation is 2. The van der Waals surface area contributed by atoms with Crippen LogP contribution in [-0.2, 0) is 11.3 Å². The number of benzene rings is 1. The van der Waals surface area contributed by atoms with Crippen molar-refractivity contribution in [2.45, 2.75) is 26.3 Å². The number of hydrogen-bond acceptors (Lipinski definition) is 7. The number of carbonyl (C=O) groups excluding carboxylic acids is 1. The van der Waals surface area contributed by atoms with Gasteiger partial charge in [0.1, 0.15) is 0 Å². The summed E-state index contributed by atoms with van der Waals surface area (Å²) in [5.74, 6) is 1.75. The number of nitrogens with zero attached hydrogens (tertiary/aromatic N) is 7. The predicted octanol–water partition coefficient (Wildman–Crippen LogP) is 2.01. The number of halogens is 1. The zero-order valence-corrected chi connectivity index (χ0v) is 16.2. The topological polar surface area (TPSA) is 103 Å². The molecule has 3 heterocycles. The van der Waals surface area contributed by atoms with Crippen LogP contribution < -0.4 is 0 Å². The van der Waals surface area contributed by atoms with E-state index in [1.54, 1.807) is 37.0 Å². The molecule has 1 amide bonds. The van der Waals surface area contributed by atoms with Gasteiger partial charge in [0.25, 0.3) is 0 Å². The number of aromatic nitrogens is 6. The van der Waals surface area contributed by atoms with Crippen molar-refractivity contribution in [1.29, 1.82) is 0 Å². The highest BCUT2D eigenvalue weighted by Crippen LogP contribution is 2.26. The first-order valence-electron chi connectivity index (χ1n) is 8.78. The molecule has 4 rings (SSSR count). The normalized spacial score (nSPS) is 14.6. The number of rotatable bonds is 5. The van der Waals surface area contributed by atoms with Crippen LogP contribution in [0, 0.1) is 13.8 Å². The summed E-state index contributed by atoms with van der Waals surface area (Å²) in [4.78, 5) is 15.7. The van der Waals surface area contributed by atoms with E-state index in [4.69, 9.17) is 16.0 Å². The molecule has 9 nitrogen and oxygen atoms in total. The Labute approximate surface area is 166 Å². The quantitative estimate of drug-likeness (QED) is 0.604. The lowest BCUT2D eigenvalue weighted by atomic mass is 10.00. The molecule has 144 valence electrons. The molecular formula is C18H18ClN7O2. The van der Waals surface area contributed by atoms with Crippen LogP contribution >= 0.6 is 11.6 Å². The van der Waals surface area contributed by atoms with E-state index in [-0.39, 0.29) is 11.8 Å². The second-order valence-corrected chi connectivity index (χ2v) is 7.08. The zero-order chi connectivity index (χ0) is 19.7. The summed E-state index contributed by atoms with van der Waals surface area (Å²) in [7, 11) is 0. The smallest absolute Gasteiger partial charge is 0.246 e. The van der Waals surface area contributed by atoms with Gasteiger partial charge in [-0.2, -0.15) is 4.80 Å². The molecule has 10 heteroatoms. The Hall–Kier alpha value is -3.07. The Kier molecular flexibility index (Phi) is 4.91. The highest BCUT2D eigenvalue weighted by atomic mass is 35.5. The summed E-state index contributed by atoms with van der Waals surface area (Å²) in [6.45, 7) is 5.08. The number of likely N-dealkylation sites (tertiary alicyclic amines) is 1. The molecule has 28 heavy (non-hydrogen) atoms. The first-order chi connectivity index (χ1) is 13.5. The van der Waals surface area contributed by atoms with Gasteiger partial charge >= 0.3 is 0 Å². The van der Waals surface area contributed by atoms with Gasteiger partial charge in [0, 0.05) is 31.1 Å². The van der Waals surface area contributed by atoms with Crippen LogP contribution in [0.15, 0.2) is 28.7 Å². The van der Waals surface area contributed by atoms with Crippen LogP contribution in [0.4, 0.5) is 0 Å². The van der Waals surface area contributed by atoms with Crippen molar-refractivity contribution in [2.75, 3.05) is 13.1 Å². The third-order valence-corrected chi connectivity index (χ3v) is 4.69. The van der Waals surface area contributed by atoms with E-state index >= 15 is 0 Å². The van der Waals surface area contributed by atoms with Crippen molar-refractivity contribution < 1.29 is 9.21 Å². The minimum atomic E-state index is -0.0666. The highest BCUT2D eigenvalue weighted by molar-refractivity contribution is 6.30. The van der Waals surface area contributed by atoms with Gasteiger partial charge in [-0.15, -0.1) is 20.4 Å². The molecule has 1 aliphatic heterocycles. The van der Waals surface area contributed by atoms with Gasteiger partial charge < -0.3 is 9.32 Å². The highest BCUT2D eigenvalue weighted by Gasteiger charge is 2.34. The second kappa shape index (κ2) is 7.51. The van der Waals surface area contributed by atoms with E-state index in [0.717, 1.165) is 11.1 Å². The number of amides is 1. The maximum atomic E-state index is 12.4. The van der Waals surface area contributed by atoms with Gasteiger partial charge in [0.2, 0.25) is 17.7 Å². The largest absolute Gasteiger partial charge is 0.425 e. The predicted molar refractivity (Wildman–Crippen MR) is 100 cm³/mol. The molecule has 1 aromatic carbocycles. The molecule has 1 fully saturated rings. The lowest BCUT2D eigenvalue weighted by Crippen LogP contribution is -2.47. The first kappa shape index (κ1) is 18.3. The Morgan fingerprint density at radius 2 is 2.11 bits per heavy atom. The molecule has 0 unspecified atom stereocenters. The van der Waals surface area contributed by atoms with Gasteiger partial charge in [-0.05, 0) is 41.5 Å². The lowest BCUT2D eigenvalue weighted by Gasteiger charge is -2.36. The zero-order valence-electron chi connectivity index (χ0n) is 15.4. The SMILES string of the molecule is Cc1nnn(Cc2cc(Cl)ccc2C=CC(=O)N2CC(c3nnc(C)o3)C2)n1. The Balaban J connectivity index is 1.42. The lowest BCUT2D eigenvalue weighted by molar-refractivity contribution is -0.130. The van der Waals surface area contributed by atoms with Crippen molar-refractivity contribution in [2.24, 2.45) is 0 Å². The maximum absolute atomic E-state index is 12.4. The molecule has 1 aliphatic rings. The van der Waals surface area contributed by atoms with Gasteiger partial charge in [-0.1, -0.05) is 17.7 Å². The standard InChI is InChI=1S/C18H18ClN7O2/c1-11-20-24-26(23-11)10-14-7-16(19)5-3-13(14)4-6-17(27)25-8-15(9-25)18-22-21-12(2)28-18/h3-7,15H,8-10H2,1-2H3. The monoisotopic (exact) mass is 399 g/mol. The van der Waals surface area contributed by atoms with E-state index in [1.807, 2.05) is 12.1 Å². The summed E-state index contributed by atoms with van der Waals surface area (Å²) in [5.41, 5.74) is 1.77. The minimum absolute atomic E-state index is 0.0666. The van der Waals surface area contributed by atoms with Crippen molar-refractivity contribution >= 4 is 23.6 Å². The van der Waals surface area contributed by atoms with Crippen LogP contribution in [-0.4, -0.2) is 54.3 Å². The Bertz CT molecular complexity index is 1040. The Morgan fingerprint density at radius 1 is 1.29 bits per heavy atom. The third kappa shape index (κ3) is 3.94. The summed E-state index contributed by atoms with van der Waals surface area (Å²) >= 11 is 6.12. The van der Waals surface area contributed by atoms with E-state index in [0.29, 0.717) is 42.3 Å². The van der Waals surface area contributed by atoms with Crippen LogP contribution in [0.2, 0.25) is 5.02 Å². The molecular weight excluding hydrogens is 382 g/mol. The molecule has 1 saturated heterocycles. The Morgan fingerprint density at radius 3 is 2.79 bits per heavy atom. The van der Waals surface area contributed by atoms with Crippen LogP contribution in [0.1, 0.15) is 34.7 Å². The van der Waals surface area contributed by atoms with Crippen molar-refractivity contribution in [3.8, 4) is 0 Å². The molecule has 3 aromatic rings. The number of hydrogen-bond donors (Lipinski definition) is 0. The summed E-state index contributed by atoms with van der Waals surface area (Å²) < 4.78 is 5.42. The van der Waals surface area contributed by atoms with Crippen LogP contribution in [0.5, 0.6) is 0 Å². The average Bonchev–Trinajstić information content (AvgIpc) is 3.21. The summed E-state index contributed by atoms with van der Waals surface area (Å²) in [6.07, 6.45) is 3.34. The molecule has 0 atom stereocenters. The minimum Gasteiger partial charge on any atom is -0.425 e. The third-order valence-electron chi connectivity index (χ3n) is 4.46. The van der Waals surface area contributed by atoms with Gasteiger partial charge in [-0.3, -0.25) is 4.79 Å². The van der Waals surface area contributed by atoms with E-state index in [1.165, 1.54) is 4.80 Å². The molecule has 0 bridgehead atoms. The molecule has 0 radical (unpaired) electrons. The van der Waals surface area contributed by atoms with Gasteiger partial charge in [0.05, 0.1) is 12.5 Å². The fourth-order valence-electron chi connectivity index (χ4n) is 2.97. The molecule has 0 aliphatic carbocycles. The van der Waals surface area contributed by atoms with E-state index < -0.39 is 0 Å². The van der Waals surface area contributed by atoms with Crippen molar-refractivity contribution in [3.05, 3.63) is 58.0 Å². The van der Waals surface area contributed by atoms with Gasteiger partial charge in [0.15, 0.2) is 5.82 Å². The maximum Gasteiger partial charge on any atom is 0.246 e. The molecule has 0 saturated carbocycles. The second-order valence-electron chi connectivity index (χ2n) is 6.64. The van der Waals surface area contributed by atoms with E-state index in [9.17, 15) is 4.79 Å². The number of tetrazole rings is 1. The van der Waals surface area contributed by atoms with Gasteiger partial charge in [-0.25, -0.2) is 0 Å². The van der Waals surface area contributed by atoms with Crippen molar-refractivity contribution in [3.63, 3.8) is 0 Å². The van der Waals surface area contributed by atoms with Crippen LogP contribution in [0.25, 0.3) is 6.08 Å². The average molecular weight is 400 g/mol. The molecule has 0 N–H and O–H groups in total. The number of carbonyl (C=O) groups is 1. The fourth-order valence-corrected chi connectivity index (χ4v) is 3.17. The first-order valence-corrected chi connectivity index (χ1v) is 9.15. The summed E-state index contributed by atoms with van der Waals surface area (Å²) in [5, 5.41) is 20.5. The summed E-state index contributed by atoms with van der Waals surface area (Å²) in [6, 6.07) is 5.49. The molecule has 2 aromatic heterocycles.